The van der Waals surface area contributed by atoms with E-state index in [1.54, 1.807) is 0 Å². The van der Waals surface area contributed by atoms with E-state index in [1.165, 1.54) is 11.8 Å². The van der Waals surface area contributed by atoms with Crippen LogP contribution in [0.5, 0.6) is 0 Å². The molecular weight excluding hydrogens is 160 g/mol. The van der Waals surface area contributed by atoms with Crippen LogP contribution >= 0.6 is 11.8 Å². The van der Waals surface area contributed by atoms with E-state index in [0.29, 0.717) is 0 Å². The van der Waals surface area contributed by atoms with Crippen LogP contribution < -0.4 is 11.1 Å². The average Bonchev–Trinajstić information content (AvgIpc) is 2.21. The number of fused-ring (bicyclic) bond motifs is 1. The summed E-state index contributed by atoms with van der Waals surface area (Å²) in [5.74, 6) is 0. The van der Waals surface area contributed by atoms with Crippen LogP contribution in [-0.4, -0.2) is 10.3 Å². The fourth-order valence-corrected chi connectivity index (χ4v) is 1.92. The lowest BCUT2D eigenvalue weighted by Crippen LogP contribution is -2.40. The lowest BCUT2D eigenvalue weighted by molar-refractivity contribution is 0.178. The summed E-state index contributed by atoms with van der Waals surface area (Å²) in [6, 6.07) is 7.60. The molecule has 0 spiro atoms. The normalized spacial score (nSPS) is 27.8. The van der Waals surface area contributed by atoms with Gasteiger partial charge in [0.25, 0.3) is 0 Å². The Morgan fingerprint density at radius 1 is 1.45 bits per heavy atom. The van der Waals surface area contributed by atoms with Crippen LogP contribution in [0, 0.1) is 0 Å². The highest BCUT2D eigenvalue weighted by Crippen LogP contribution is 2.40. The molecule has 0 saturated heterocycles. The van der Waals surface area contributed by atoms with E-state index in [2.05, 4.69) is 5.32 Å². The van der Waals surface area contributed by atoms with Gasteiger partial charge in [0.2, 0.25) is 5.18 Å². The number of thioether (sulfide) groups is 1. The van der Waals surface area contributed by atoms with Crippen LogP contribution in [0.1, 0.15) is 0 Å². The van der Waals surface area contributed by atoms with Crippen molar-refractivity contribution in [2.75, 3.05) is 5.32 Å². The zero-order valence-electron chi connectivity index (χ0n) is 5.74. The van der Waals surface area contributed by atoms with Crippen molar-refractivity contribution < 1.29 is 5.11 Å². The van der Waals surface area contributed by atoms with E-state index in [-0.39, 0.29) is 0 Å². The van der Waals surface area contributed by atoms with Gasteiger partial charge in [0.1, 0.15) is 0 Å². The van der Waals surface area contributed by atoms with Gasteiger partial charge in [-0.3, -0.25) is 5.73 Å². The molecule has 1 aliphatic rings. The SMILES string of the molecule is NC1(O)Nc2ccccc2S1. The Morgan fingerprint density at radius 3 is 2.91 bits per heavy atom. The van der Waals surface area contributed by atoms with Crippen molar-refractivity contribution in [1.82, 2.24) is 0 Å². The van der Waals surface area contributed by atoms with Crippen LogP contribution in [0.25, 0.3) is 0 Å². The number of aliphatic hydroxyl groups is 1. The summed E-state index contributed by atoms with van der Waals surface area (Å²) in [5, 5.41) is 10.8. The molecule has 3 nitrogen and oxygen atoms in total. The van der Waals surface area contributed by atoms with Crippen molar-refractivity contribution in [2.24, 2.45) is 5.73 Å². The van der Waals surface area contributed by atoms with Gasteiger partial charge in [-0.2, -0.15) is 0 Å². The van der Waals surface area contributed by atoms with E-state index >= 15 is 0 Å². The maximum atomic E-state index is 9.35. The molecule has 0 fully saturated rings. The molecule has 4 heteroatoms. The molecule has 2 rings (SSSR count). The fourth-order valence-electron chi connectivity index (χ4n) is 1.05. The molecule has 0 saturated carbocycles. The van der Waals surface area contributed by atoms with E-state index in [0.717, 1.165) is 10.6 Å². The van der Waals surface area contributed by atoms with E-state index in [9.17, 15) is 5.11 Å². The largest absolute Gasteiger partial charge is 0.350 e. The molecule has 1 aromatic carbocycles. The van der Waals surface area contributed by atoms with Gasteiger partial charge in [-0.15, -0.1) is 0 Å². The molecule has 58 valence electrons. The minimum Gasteiger partial charge on any atom is -0.350 e. The van der Waals surface area contributed by atoms with Crippen molar-refractivity contribution in [3.05, 3.63) is 24.3 Å². The van der Waals surface area contributed by atoms with Crippen LogP contribution in [0.4, 0.5) is 5.69 Å². The minimum absolute atomic E-state index is 0.891. The third-order valence-electron chi connectivity index (χ3n) is 1.47. The zero-order valence-corrected chi connectivity index (χ0v) is 6.56. The molecule has 1 aliphatic heterocycles. The number of nitrogens with one attached hydrogen (secondary N) is 1. The van der Waals surface area contributed by atoms with Crippen molar-refractivity contribution in [3.8, 4) is 0 Å². The van der Waals surface area contributed by atoms with Crippen molar-refractivity contribution in [1.29, 1.82) is 0 Å². The van der Waals surface area contributed by atoms with Crippen LogP contribution in [-0.2, 0) is 0 Å². The van der Waals surface area contributed by atoms with Crippen LogP contribution in [0.2, 0.25) is 0 Å². The number of benzene rings is 1. The van der Waals surface area contributed by atoms with Gasteiger partial charge in [0.05, 0.1) is 5.69 Å². The lowest BCUT2D eigenvalue weighted by atomic mass is 10.3. The Balaban J connectivity index is 2.41. The standard InChI is InChI=1S/C7H8N2OS/c8-7(10)9-5-3-1-2-4-6(5)11-7/h1-4,9-10H,8H2. The summed E-state index contributed by atoms with van der Waals surface area (Å²) >= 11 is 1.22. The van der Waals surface area contributed by atoms with E-state index in [4.69, 9.17) is 5.73 Å². The summed E-state index contributed by atoms with van der Waals surface area (Å²) in [7, 11) is 0. The van der Waals surface area contributed by atoms with Gasteiger partial charge in [-0.1, -0.05) is 23.9 Å². The minimum atomic E-state index is -1.33. The molecule has 0 radical (unpaired) electrons. The van der Waals surface area contributed by atoms with Crippen molar-refractivity contribution in [2.45, 2.75) is 10.1 Å². The quantitative estimate of drug-likeness (QED) is 0.501. The first kappa shape index (κ1) is 6.97. The third kappa shape index (κ3) is 1.20. The highest BCUT2D eigenvalue weighted by atomic mass is 32.2. The predicted molar refractivity (Wildman–Crippen MR) is 45.1 cm³/mol. The van der Waals surface area contributed by atoms with Gasteiger partial charge >= 0.3 is 0 Å². The highest BCUT2D eigenvalue weighted by molar-refractivity contribution is 8.01. The molecule has 0 aliphatic carbocycles. The Bertz CT molecular complexity index is 261. The summed E-state index contributed by atoms with van der Waals surface area (Å²) in [5.41, 5.74) is 6.33. The van der Waals surface area contributed by atoms with Crippen molar-refractivity contribution in [3.63, 3.8) is 0 Å². The number of para-hydroxylation sites is 1. The maximum absolute atomic E-state index is 9.35. The Morgan fingerprint density at radius 2 is 2.18 bits per heavy atom. The Kier molecular flexibility index (Phi) is 1.35. The summed E-state index contributed by atoms with van der Waals surface area (Å²) in [6.07, 6.45) is 0. The van der Waals surface area contributed by atoms with Gasteiger partial charge in [0, 0.05) is 4.90 Å². The second-order valence-corrected chi connectivity index (χ2v) is 3.69. The maximum Gasteiger partial charge on any atom is 0.246 e. The van der Waals surface area contributed by atoms with Crippen molar-refractivity contribution >= 4 is 17.4 Å². The fraction of sp³-hybridized carbons (Fsp3) is 0.143. The zero-order chi connectivity index (χ0) is 7.90. The monoisotopic (exact) mass is 168 g/mol. The van der Waals surface area contributed by atoms with Crippen LogP contribution in [0.15, 0.2) is 29.2 Å². The molecular formula is C7H8N2OS. The number of anilines is 1. The van der Waals surface area contributed by atoms with Crippen LogP contribution in [0.3, 0.4) is 0 Å². The predicted octanol–water partition coefficient (Wildman–Crippen LogP) is 0.766. The van der Waals surface area contributed by atoms with E-state index < -0.39 is 5.18 Å². The lowest BCUT2D eigenvalue weighted by Gasteiger charge is -2.14. The molecule has 1 unspecified atom stereocenters. The molecule has 1 aromatic rings. The molecule has 0 amide bonds. The topological polar surface area (TPSA) is 58.3 Å². The highest BCUT2D eigenvalue weighted by Gasteiger charge is 2.30. The smallest absolute Gasteiger partial charge is 0.246 e. The van der Waals surface area contributed by atoms with Gasteiger partial charge in [0.15, 0.2) is 0 Å². The average molecular weight is 168 g/mol. The van der Waals surface area contributed by atoms with E-state index in [1.807, 2.05) is 24.3 Å². The summed E-state index contributed by atoms with van der Waals surface area (Å²) in [4.78, 5) is 0.984. The summed E-state index contributed by atoms with van der Waals surface area (Å²) < 4.78 is 0. The number of hydrogen-bond donors (Lipinski definition) is 3. The molecule has 0 bridgehead atoms. The number of hydrogen-bond acceptors (Lipinski definition) is 4. The first-order chi connectivity index (χ1) is 5.17. The second kappa shape index (κ2) is 2.14. The third-order valence-corrected chi connectivity index (χ3v) is 2.46. The molecule has 11 heavy (non-hydrogen) atoms. The van der Waals surface area contributed by atoms with Gasteiger partial charge in [-0.05, 0) is 12.1 Å². The molecule has 4 N–H and O–H groups in total. The molecule has 0 aromatic heterocycles. The number of nitrogens with two attached hydrogens (primary N) is 1. The van der Waals surface area contributed by atoms with Gasteiger partial charge in [-0.25, -0.2) is 0 Å². The molecule has 1 heterocycles. The van der Waals surface area contributed by atoms with Gasteiger partial charge < -0.3 is 10.4 Å². The Labute approximate surface area is 68.6 Å². The first-order valence-electron chi connectivity index (χ1n) is 3.25. The second-order valence-electron chi connectivity index (χ2n) is 2.42. The first-order valence-corrected chi connectivity index (χ1v) is 4.06. The molecule has 1 atom stereocenters. The Hall–Kier alpha value is -0.710. The number of rotatable bonds is 0. The summed E-state index contributed by atoms with van der Waals surface area (Å²) in [6.45, 7) is 0.